The molecule has 1 N–H and O–H groups in total. The Morgan fingerprint density at radius 2 is 1.95 bits per heavy atom. The van der Waals surface area contributed by atoms with Gasteiger partial charge in [0.05, 0.1) is 6.10 Å². The van der Waals surface area contributed by atoms with Crippen LogP contribution >= 0.6 is 0 Å². The molecule has 2 fully saturated rings. The molecule has 0 saturated heterocycles. The highest BCUT2D eigenvalue weighted by atomic mass is 19.1. The Hall–Kier alpha value is -0.370. The largest absolute Gasteiger partial charge is 0.393 e. The molecule has 4 rings (SSSR count). The SMILES string of the molecule is CC1CC2C(CCC3(C)C(O)CCC23)C2=C1CC(F)CC2. The van der Waals surface area contributed by atoms with Crippen molar-refractivity contribution in [1.29, 1.82) is 0 Å². The van der Waals surface area contributed by atoms with Gasteiger partial charge in [0.1, 0.15) is 6.17 Å². The van der Waals surface area contributed by atoms with Crippen LogP contribution in [-0.2, 0) is 0 Å². The van der Waals surface area contributed by atoms with E-state index in [4.69, 9.17) is 0 Å². The molecule has 0 spiro atoms. The van der Waals surface area contributed by atoms with Crippen molar-refractivity contribution in [1.82, 2.24) is 0 Å². The van der Waals surface area contributed by atoms with Crippen LogP contribution in [0.5, 0.6) is 0 Å². The summed E-state index contributed by atoms with van der Waals surface area (Å²) in [5.41, 5.74) is 3.30. The second kappa shape index (κ2) is 4.81. The topological polar surface area (TPSA) is 20.2 Å². The number of hydrogen-bond donors (Lipinski definition) is 1. The van der Waals surface area contributed by atoms with Crippen LogP contribution in [0.4, 0.5) is 4.39 Å². The molecule has 0 aromatic carbocycles. The van der Waals surface area contributed by atoms with Crippen LogP contribution in [0.25, 0.3) is 0 Å². The van der Waals surface area contributed by atoms with Crippen molar-refractivity contribution in [3.63, 3.8) is 0 Å². The van der Waals surface area contributed by atoms with Crippen LogP contribution in [-0.4, -0.2) is 17.4 Å². The molecule has 0 heterocycles. The number of aliphatic hydroxyl groups is 1. The predicted octanol–water partition coefficient (Wildman–Crippen LogP) is 4.65. The van der Waals surface area contributed by atoms with E-state index in [1.807, 2.05) is 0 Å². The minimum absolute atomic E-state index is 0.0873. The monoisotopic (exact) mass is 292 g/mol. The number of allylic oxidation sites excluding steroid dienone is 2. The van der Waals surface area contributed by atoms with E-state index in [0.29, 0.717) is 24.2 Å². The van der Waals surface area contributed by atoms with Crippen molar-refractivity contribution in [3.05, 3.63) is 11.1 Å². The van der Waals surface area contributed by atoms with Gasteiger partial charge in [-0.25, -0.2) is 4.39 Å². The highest BCUT2D eigenvalue weighted by molar-refractivity contribution is 5.29. The van der Waals surface area contributed by atoms with E-state index in [0.717, 1.165) is 25.2 Å². The number of hydrogen-bond acceptors (Lipinski definition) is 1. The Morgan fingerprint density at radius 3 is 2.76 bits per heavy atom. The summed E-state index contributed by atoms with van der Waals surface area (Å²) in [5.74, 6) is 2.74. The van der Waals surface area contributed by atoms with Crippen molar-refractivity contribution < 1.29 is 9.50 Å². The second-order valence-electron chi connectivity index (χ2n) is 8.54. The van der Waals surface area contributed by atoms with Gasteiger partial charge in [-0.15, -0.1) is 0 Å². The highest BCUT2D eigenvalue weighted by Gasteiger charge is 2.55. The fourth-order valence-electron chi connectivity index (χ4n) is 6.46. The number of halogens is 1. The highest BCUT2D eigenvalue weighted by Crippen LogP contribution is 2.61. The minimum atomic E-state index is -0.593. The van der Waals surface area contributed by atoms with Gasteiger partial charge in [-0.1, -0.05) is 25.0 Å². The summed E-state index contributed by atoms with van der Waals surface area (Å²) in [7, 11) is 0. The third-order valence-electron chi connectivity index (χ3n) is 7.64. The quantitative estimate of drug-likeness (QED) is 0.644. The number of fused-ring (bicyclic) bond motifs is 4. The molecule has 0 radical (unpaired) electrons. The maximum atomic E-state index is 13.8. The Kier molecular flexibility index (Phi) is 3.26. The number of alkyl halides is 1. The van der Waals surface area contributed by atoms with Crippen LogP contribution < -0.4 is 0 Å². The van der Waals surface area contributed by atoms with Crippen molar-refractivity contribution in [2.75, 3.05) is 0 Å². The van der Waals surface area contributed by atoms with Crippen molar-refractivity contribution >= 4 is 0 Å². The molecule has 2 heteroatoms. The first-order chi connectivity index (χ1) is 10.0. The molecule has 1 nitrogen and oxygen atoms in total. The molecule has 7 atom stereocenters. The first kappa shape index (κ1) is 14.2. The molecule has 118 valence electrons. The van der Waals surface area contributed by atoms with E-state index in [9.17, 15) is 9.50 Å². The zero-order valence-electron chi connectivity index (χ0n) is 13.4. The minimum Gasteiger partial charge on any atom is -0.393 e. The van der Waals surface area contributed by atoms with Gasteiger partial charge in [0, 0.05) is 6.42 Å². The molecule has 0 aromatic heterocycles. The van der Waals surface area contributed by atoms with Crippen molar-refractivity contribution in [2.45, 2.75) is 77.5 Å². The lowest BCUT2D eigenvalue weighted by Crippen LogP contribution is -2.46. The molecule has 4 aliphatic carbocycles. The third-order valence-corrected chi connectivity index (χ3v) is 7.64. The molecule has 0 aliphatic heterocycles. The molecule has 2 saturated carbocycles. The normalized spacial score (nSPS) is 53.1. The second-order valence-corrected chi connectivity index (χ2v) is 8.54. The zero-order chi connectivity index (χ0) is 14.8. The number of aliphatic hydroxyl groups excluding tert-OH is 1. The summed E-state index contributed by atoms with van der Waals surface area (Å²) in [4.78, 5) is 0. The van der Waals surface area contributed by atoms with Crippen LogP contribution in [0, 0.1) is 29.1 Å². The molecule has 7 unspecified atom stereocenters. The van der Waals surface area contributed by atoms with E-state index >= 15 is 0 Å². The molecule has 0 amide bonds. The fourth-order valence-corrected chi connectivity index (χ4v) is 6.46. The Labute approximate surface area is 128 Å². The van der Waals surface area contributed by atoms with Gasteiger partial charge < -0.3 is 5.11 Å². The Balaban J connectivity index is 1.68. The summed E-state index contributed by atoms with van der Waals surface area (Å²) in [6, 6.07) is 0. The van der Waals surface area contributed by atoms with Gasteiger partial charge in [0.15, 0.2) is 0 Å². The van der Waals surface area contributed by atoms with Crippen molar-refractivity contribution in [3.8, 4) is 0 Å². The molecular weight excluding hydrogens is 263 g/mol. The van der Waals surface area contributed by atoms with E-state index < -0.39 is 6.17 Å². The summed E-state index contributed by atoms with van der Waals surface area (Å²) >= 11 is 0. The van der Waals surface area contributed by atoms with Gasteiger partial charge in [0.25, 0.3) is 0 Å². The van der Waals surface area contributed by atoms with Crippen LogP contribution in [0.15, 0.2) is 11.1 Å². The maximum absolute atomic E-state index is 13.8. The van der Waals surface area contributed by atoms with Gasteiger partial charge in [-0.3, -0.25) is 0 Å². The average Bonchev–Trinajstić information content (AvgIpc) is 2.76. The predicted molar refractivity (Wildman–Crippen MR) is 82.6 cm³/mol. The van der Waals surface area contributed by atoms with Crippen LogP contribution in [0.3, 0.4) is 0 Å². The molecular formula is C19H29FO. The van der Waals surface area contributed by atoms with Crippen LogP contribution in [0.2, 0.25) is 0 Å². The lowest BCUT2D eigenvalue weighted by molar-refractivity contribution is -0.0360. The standard InChI is InChI=1S/C19H29FO/c1-11-9-16-14(13-4-3-12(20)10-15(11)13)7-8-19(2)17(16)5-6-18(19)21/h11-12,14,16-18,21H,3-10H2,1-2H3. The fraction of sp³-hybridized carbons (Fsp3) is 0.895. The van der Waals surface area contributed by atoms with Gasteiger partial charge >= 0.3 is 0 Å². The summed E-state index contributed by atoms with van der Waals surface area (Å²) in [5, 5.41) is 10.4. The van der Waals surface area contributed by atoms with Gasteiger partial charge in [-0.2, -0.15) is 0 Å². The van der Waals surface area contributed by atoms with E-state index in [2.05, 4.69) is 13.8 Å². The Morgan fingerprint density at radius 1 is 1.14 bits per heavy atom. The Bertz CT molecular complexity index is 470. The first-order valence-electron chi connectivity index (χ1n) is 9.04. The van der Waals surface area contributed by atoms with E-state index in [-0.39, 0.29) is 11.5 Å². The van der Waals surface area contributed by atoms with Crippen LogP contribution in [0.1, 0.15) is 65.2 Å². The van der Waals surface area contributed by atoms with Gasteiger partial charge in [-0.05, 0) is 74.0 Å². The van der Waals surface area contributed by atoms with Crippen molar-refractivity contribution in [2.24, 2.45) is 29.1 Å². The molecule has 0 aromatic rings. The third kappa shape index (κ3) is 1.97. The zero-order valence-corrected chi connectivity index (χ0v) is 13.4. The number of rotatable bonds is 0. The lowest BCUT2D eigenvalue weighted by Gasteiger charge is -2.53. The average molecular weight is 292 g/mol. The molecule has 4 aliphatic rings. The lowest BCUT2D eigenvalue weighted by atomic mass is 9.53. The maximum Gasteiger partial charge on any atom is 0.104 e. The summed E-state index contributed by atoms with van der Waals surface area (Å²) in [6.07, 6.45) is 7.64. The van der Waals surface area contributed by atoms with Gasteiger partial charge in [0.2, 0.25) is 0 Å². The van der Waals surface area contributed by atoms with E-state index in [1.165, 1.54) is 31.3 Å². The summed E-state index contributed by atoms with van der Waals surface area (Å²) < 4.78 is 13.8. The molecule has 0 bridgehead atoms. The summed E-state index contributed by atoms with van der Waals surface area (Å²) in [6.45, 7) is 4.65. The first-order valence-corrected chi connectivity index (χ1v) is 9.04. The van der Waals surface area contributed by atoms with E-state index in [1.54, 1.807) is 5.57 Å². The smallest absolute Gasteiger partial charge is 0.104 e. The molecule has 21 heavy (non-hydrogen) atoms.